The van der Waals surface area contributed by atoms with Crippen LogP contribution in [0.25, 0.3) is 21.7 Å². The van der Waals surface area contributed by atoms with Crippen molar-refractivity contribution in [3.8, 4) is 5.88 Å². The van der Waals surface area contributed by atoms with Gasteiger partial charge in [-0.3, -0.25) is 9.48 Å². The van der Waals surface area contributed by atoms with Gasteiger partial charge in [0.1, 0.15) is 0 Å². The number of amides is 2. The van der Waals surface area contributed by atoms with Crippen LogP contribution in [0, 0.1) is 0 Å². The van der Waals surface area contributed by atoms with Gasteiger partial charge >= 0.3 is 6.03 Å². The summed E-state index contributed by atoms with van der Waals surface area (Å²) in [4.78, 5) is 25.8. The van der Waals surface area contributed by atoms with E-state index in [1.807, 2.05) is 54.6 Å². The number of nitrogens with one attached hydrogen (secondary N) is 2. The predicted molar refractivity (Wildman–Crippen MR) is 173 cm³/mol. The Balaban J connectivity index is 1.28. The third-order valence-corrected chi connectivity index (χ3v) is 7.69. The first-order chi connectivity index (χ1) is 20.8. The summed E-state index contributed by atoms with van der Waals surface area (Å²) in [5.41, 5.74) is 3.20. The molecule has 1 aromatic heterocycles. The molecule has 6 aromatic rings. The maximum absolute atomic E-state index is 13.0. The van der Waals surface area contributed by atoms with E-state index < -0.39 is 6.03 Å². The van der Waals surface area contributed by atoms with Crippen LogP contribution < -0.4 is 15.4 Å². The molecule has 2 amide bonds. The van der Waals surface area contributed by atoms with Gasteiger partial charge in [-0.2, -0.15) is 0 Å². The molecule has 5 aromatic carbocycles. The number of anilines is 2. The molecule has 0 fully saturated rings. The first kappa shape index (κ1) is 28.6. The fourth-order valence-electron chi connectivity index (χ4n) is 4.74. The number of aromatic nitrogens is 2. The zero-order valence-electron chi connectivity index (χ0n) is 22.5. The second-order valence-electron chi connectivity index (χ2n) is 9.76. The molecule has 0 saturated heterocycles. The summed E-state index contributed by atoms with van der Waals surface area (Å²) >= 11 is 18.5. The lowest BCUT2D eigenvalue weighted by Crippen LogP contribution is -2.19. The van der Waals surface area contributed by atoms with E-state index in [0.717, 1.165) is 21.9 Å². The van der Waals surface area contributed by atoms with Gasteiger partial charge in [-0.1, -0.05) is 77.3 Å². The average molecular weight is 630 g/mol. The largest absolute Gasteiger partial charge is 0.468 e. The Labute approximate surface area is 261 Å². The molecule has 1 heterocycles. The molecule has 0 aliphatic heterocycles. The Morgan fingerprint density at radius 3 is 2.35 bits per heavy atom. The number of urea groups is 1. The number of carbonyl (C=O) groups excluding carboxylic acids is 2. The van der Waals surface area contributed by atoms with Gasteiger partial charge in [0.25, 0.3) is 0 Å². The minimum atomic E-state index is -0.406. The number of carbonyl (C=O) groups is 2. The smallest absolute Gasteiger partial charge is 0.323 e. The molecule has 43 heavy (non-hydrogen) atoms. The molecular formula is C33H23Cl3N4O3. The third kappa shape index (κ3) is 6.44. The zero-order valence-corrected chi connectivity index (χ0v) is 24.8. The van der Waals surface area contributed by atoms with E-state index in [2.05, 4.69) is 15.7 Å². The van der Waals surface area contributed by atoms with E-state index in [1.165, 1.54) is 0 Å². The van der Waals surface area contributed by atoms with Gasteiger partial charge in [0, 0.05) is 31.7 Å². The van der Waals surface area contributed by atoms with E-state index in [9.17, 15) is 9.59 Å². The number of halogens is 3. The maximum atomic E-state index is 13.0. The first-order valence-corrected chi connectivity index (χ1v) is 14.4. The maximum Gasteiger partial charge on any atom is 0.323 e. The molecule has 0 unspecified atom stereocenters. The molecule has 0 spiro atoms. The Morgan fingerprint density at radius 2 is 1.53 bits per heavy atom. The fourth-order valence-corrected chi connectivity index (χ4v) is 5.33. The van der Waals surface area contributed by atoms with Crippen molar-refractivity contribution in [2.24, 2.45) is 0 Å². The van der Waals surface area contributed by atoms with Crippen molar-refractivity contribution in [1.29, 1.82) is 0 Å². The van der Waals surface area contributed by atoms with Crippen LogP contribution in [0.15, 0.2) is 103 Å². The number of hydrogen-bond donors (Lipinski definition) is 2. The molecular weight excluding hydrogens is 607 g/mol. The Bertz CT molecular complexity index is 1990. The van der Waals surface area contributed by atoms with Crippen LogP contribution in [-0.2, 0) is 6.54 Å². The van der Waals surface area contributed by atoms with Crippen LogP contribution in [0.2, 0.25) is 15.1 Å². The zero-order chi connectivity index (χ0) is 29.9. The minimum absolute atomic E-state index is 0.233. The van der Waals surface area contributed by atoms with Gasteiger partial charge in [0.05, 0.1) is 23.1 Å². The number of nitrogens with zero attached hydrogens (tertiary/aromatic N) is 2. The normalized spacial score (nSPS) is 11.0. The lowest BCUT2D eigenvalue weighted by Gasteiger charge is -2.11. The number of Topliss-reactive ketones (excluding diaryl/α,β-unsaturated/α-hetero) is 1. The molecule has 0 radical (unpaired) electrons. The van der Waals surface area contributed by atoms with Crippen LogP contribution in [0.3, 0.4) is 0 Å². The number of ether oxygens (including phenoxy) is 1. The lowest BCUT2D eigenvalue weighted by molar-refractivity contribution is 0.0918. The van der Waals surface area contributed by atoms with Crippen molar-refractivity contribution >= 4 is 79.7 Å². The Morgan fingerprint density at radius 1 is 0.767 bits per heavy atom. The van der Waals surface area contributed by atoms with Crippen LogP contribution >= 0.6 is 34.8 Å². The van der Waals surface area contributed by atoms with E-state index in [1.54, 1.807) is 53.2 Å². The predicted octanol–water partition coefficient (Wildman–Crippen LogP) is 9.10. The van der Waals surface area contributed by atoms with Gasteiger partial charge in [-0.15, -0.1) is 5.10 Å². The monoisotopic (exact) mass is 628 g/mol. The van der Waals surface area contributed by atoms with E-state index in [-0.39, 0.29) is 18.3 Å². The molecule has 0 saturated carbocycles. The van der Waals surface area contributed by atoms with Crippen LogP contribution in [-0.4, -0.2) is 28.2 Å². The highest BCUT2D eigenvalue weighted by atomic mass is 35.5. The summed E-state index contributed by atoms with van der Waals surface area (Å²) in [5, 5.41) is 14.6. The second-order valence-corrected chi connectivity index (χ2v) is 11.0. The van der Waals surface area contributed by atoms with Gasteiger partial charge in [-0.25, -0.2) is 4.79 Å². The average Bonchev–Trinajstić information content (AvgIpc) is 3.34. The molecule has 0 aliphatic rings. The van der Waals surface area contributed by atoms with Crippen molar-refractivity contribution in [3.05, 3.63) is 129 Å². The standard InChI is InChI=1S/C33H23Cl3N4O3/c34-23-11-8-21(9-12-23)31(41)19-43-32-27-17-25(37-33(42)38-29-7-3-5-20-4-1-2-6-26(20)29)14-15-30(27)40(39-32)18-22-10-13-24(35)16-28(22)36/h1-17H,18-19H2,(H2,37,38,42). The Kier molecular flexibility index (Phi) is 8.20. The van der Waals surface area contributed by atoms with Crippen molar-refractivity contribution in [2.45, 2.75) is 6.54 Å². The third-order valence-electron chi connectivity index (χ3n) is 6.85. The molecule has 0 atom stereocenters. The van der Waals surface area contributed by atoms with Gasteiger partial charge in [-0.05, 0) is 71.6 Å². The molecule has 6 rings (SSSR count). The van der Waals surface area contributed by atoms with Crippen LogP contribution in [0.5, 0.6) is 5.88 Å². The summed E-state index contributed by atoms with van der Waals surface area (Å²) < 4.78 is 7.67. The van der Waals surface area contributed by atoms with E-state index in [0.29, 0.717) is 43.9 Å². The van der Waals surface area contributed by atoms with Crippen molar-refractivity contribution in [3.63, 3.8) is 0 Å². The quantitative estimate of drug-likeness (QED) is 0.165. The van der Waals surface area contributed by atoms with Crippen molar-refractivity contribution < 1.29 is 14.3 Å². The van der Waals surface area contributed by atoms with Crippen LogP contribution in [0.1, 0.15) is 15.9 Å². The highest BCUT2D eigenvalue weighted by molar-refractivity contribution is 6.35. The topological polar surface area (TPSA) is 85.2 Å². The second kappa shape index (κ2) is 12.4. The Hall–Kier alpha value is -4.56. The van der Waals surface area contributed by atoms with Gasteiger partial charge < -0.3 is 15.4 Å². The molecule has 0 aliphatic carbocycles. The summed E-state index contributed by atoms with van der Waals surface area (Å²) in [6.07, 6.45) is 0. The van der Waals surface area contributed by atoms with Crippen LogP contribution in [0.4, 0.5) is 16.2 Å². The van der Waals surface area contributed by atoms with E-state index in [4.69, 9.17) is 39.5 Å². The number of hydrogen-bond acceptors (Lipinski definition) is 4. The highest BCUT2D eigenvalue weighted by Crippen LogP contribution is 2.31. The summed E-state index contributed by atoms with van der Waals surface area (Å²) in [7, 11) is 0. The molecule has 7 nitrogen and oxygen atoms in total. The van der Waals surface area contributed by atoms with Crippen molar-refractivity contribution in [2.75, 3.05) is 17.2 Å². The minimum Gasteiger partial charge on any atom is -0.468 e. The molecule has 10 heteroatoms. The van der Waals surface area contributed by atoms with Gasteiger partial charge in [0.2, 0.25) is 5.88 Å². The SMILES string of the molecule is O=C(Nc1ccc2c(c1)c(OCC(=O)c1ccc(Cl)cc1)nn2Cc1ccc(Cl)cc1Cl)Nc1cccc2ccccc12. The summed E-state index contributed by atoms with van der Waals surface area (Å²) in [5.74, 6) is 0.00404. The van der Waals surface area contributed by atoms with E-state index >= 15 is 0 Å². The fraction of sp³-hybridized carbons (Fsp3) is 0.0606. The van der Waals surface area contributed by atoms with Gasteiger partial charge in [0.15, 0.2) is 12.4 Å². The first-order valence-electron chi connectivity index (χ1n) is 13.3. The number of ketones is 1. The number of fused-ring (bicyclic) bond motifs is 2. The van der Waals surface area contributed by atoms with Crippen molar-refractivity contribution in [1.82, 2.24) is 9.78 Å². The number of rotatable bonds is 8. The summed E-state index contributed by atoms with van der Waals surface area (Å²) in [6, 6.07) is 30.3. The highest BCUT2D eigenvalue weighted by Gasteiger charge is 2.17. The number of benzene rings is 5. The molecule has 214 valence electrons. The molecule has 2 N–H and O–H groups in total. The lowest BCUT2D eigenvalue weighted by atomic mass is 10.1. The molecule has 0 bridgehead atoms. The summed E-state index contributed by atoms with van der Waals surface area (Å²) in [6.45, 7) is 0.0873.